The highest BCUT2D eigenvalue weighted by Crippen LogP contribution is 2.52. The number of nitrogens with zero attached hydrogens (tertiary/aromatic N) is 3. The maximum absolute atomic E-state index is 13.1. The number of benzene rings is 1. The second-order valence-electron chi connectivity index (χ2n) is 10.3. The lowest BCUT2D eigenvalue weighted by atomic mass is 9.95. The van der Waals surface area contributed by atoms with Crippen LogP contribution in [0.4, 0.5) is 4.79 Å². The first kappa shape index (κ1) is 20.7. The monoisotopic (exact) mass is 412 g/mol. The number of aromatic nitrogens is 2. The number of nitrogens with one attached hydrogen (secondary N) is 1. The van der Waals surface area contributed by atoms with E-state index in [0.717, 1.165) is 22.2 Å². The van der Waals surface area contributed by atoms with Crippen LogP contribution in [0.2, 0.25) is 0 Å². The topological polar surface area (TPSA) is 76.5 Å². The third kappa shape index (κ3) is 3.55. The highest BCUT2D eigenvalue weighted by atomic mass is 16.6. The quantitative estimate of drug-likeness (QED) is 0.839. The molecular weight excluding hydrogens is 380 g/mol. The third-order valence-corrected chi connectivity index (χ3v) is 6.24. The first-order chi connectivity index (χ1) is 13.9. The number of rotatable bonds is 3. The van der Waals surface area contributed by atoms with Crippen LogP contribution >= 0.6 is 0 Å². The predicted octanol–water partition coefficient (Wildman–Crippen LogP) is 3.35. The smallest absolute Gasteiger partial charge is 0.410 e. The summed E-state index contributed by atoms with van der Waals surface area (Å²) in [4.78, 5) is 27.1. The van der Waals surface area contributed by atoms with Crippen LogP contribution in [0.25, 0.3) is 10.9 Å². The number of hydrogen-bond acceptors (Lipinski definition) is 4. The number of fused-ring (bicyclic) bond motifs is 2. The zero-order valence-electron chi connectivity index (χ0n) is 18.9. The number of aryl methyl sites for hydroxylation is 2. The molecule has 3 atom stereocenters. The fraction of sp³-hybridized carbons (Fsp3) is 0.609. The van der Waals surface area contributed by atoms with Gasteiger partial charge in [0.25, 0.3) is 0 Å². The van der Waals surface area contributed by atoms with Crippen LogP contribution < -0.4 is 5.32 Å². The van der Waals surface area contributed by atoms with E-state index in [9.17, 15) is 9.59 Å². The molecule has 1 saturated carbocycles. The molecule has 1 saturated heterocycles. The van der Waals surface area contributed by atoms with Crippen LogP contribution in [0.15, 0.2) is 18.2 Å². The van der Waals surface area contributed by atoms with Crippen molar-refractivity contribution >= 4 is 22.9 Å². The summed E-state index contributed by atoms with van der Waals surface area (Å²) < 4.78 is 7.33. The molecular formula is C23H32N4O3. The molecule has 162 valence electrons. The van der Waals surface area contributed by atoms with E-state index in [4.69, 9.17) is 4.74 Å². The summed E-state index contributed by atoms with van der Waals surface area (Å²) in [6.45, 7) is 12.9. The fourth-order valence-corrected chi connectivity index (χ4v) is 4.94. The van der Waals surface area contributed by atoms with E-state index < -0.39 is 11.1 Å². The normalized spacial score (nSPS) is 23.4. The minimum atomic E-state index is -0.559. The number of piperidine rings is 1. The predicted molar refractivity (Wildman–Crippen MR) is 115 cm³/mol. The molecule has 2 fully saturated rings. The van der Waals surface area contributed by atoms with E-state index >= 15 is 0 Å². The maximum atomic E-state index is 13.1. The van der Waals surface area contributed by atoms with Crippen molar-refractivity contribution in [1.82, 2.24) is 20.0 Å². The molecule has 4 rings (SSSR count). The minimum Gasteiger partial charge on any atom is -0.444 e. The standard InChI is InChI=1S/C23H32N4O3/c1-13-9-8-10-14-18(13)25-26(7)19(14)23(5,6)24-20(28)17-15-11-27(12-16(15)17)21(29)30-22(2,3)4/h8-10,15-17H,11-12H2,1-7H3,(H,24,28)/t15-,16+,17+. The largest absolute Gasteiger partial charge is 0.444 e. The molecule has 0 unspecified atom stereocenters. The van der Waals surface area contributed by atoms with Gasteiger partial charge < -0.3 is 15.0 Å². The van der Waals surface area contributed by atoms with Crippen molar-refractivity contribution in [3.05, 3.63) is 29.5 Å². The van der Waals surface area contributed by atoms with Crippen molar-refractivity contribution in [2.45, 2.75) is 52.7 Å². The summed E-state index contributed by atoms with van der Waals surface area (Å²) in [5.41, 5.74) is 2.02. The number of amides is 2. The van der Waals surface area contributed by atoms with Gasteiger partial charge >= 0.3 is 6.09 Å². The van der Waals surface area contributed by atoms with Gasteiger partial charge in [-0.3, -0.25) is 9.48 Å². The van der Waals surface area contributed by atoms with Crippen molar-refractivity contribution in [2.75, 3.05) is 13.1 Å². The molecule has 0 spiro atoms. The minimum absolute atomic E-state index is 0.0378. The van der Waals surface area contributed by atoms with E-state index in [0.29, 0.717) is 13.1 Å². The molecule has 0 radical (unpaired) electrons. The van der Waals surface area contributed by atoms with E-state index in [1.54, 1.807) is 4.90 Å². The second-order valence-corrected chi connectivity index (χ2v) is 10.3. The molecule has 1 aliphatic carbocycles. The summed E-state index contributed by atoms with van der Waals surface area (Å²) >= 11 is 0. The van der Waals surface area contributed by atoms with Crippen molar-refractivity contribution in [2.24, 2.45) is 24.8 Å². The van der Waals surface area contributed by atoms with Crippen LogP contribution in [-0.4, -0.2) is 45.4 Å². The van der Waals surface area contributed by atoms with Gasteiger partial charge in [-0.05, 0) is 58.9 Å². The van der Waals surface area contributed by atoms with Gasteiger partial charge in [0.05, 0.1) is 16.7 Å². The Labute approximate surface area is 177 Å². The van der Waals surface area contributed by atoms with E-state index in [-0.39, 0.29) is 29.8 Å². The van der Waals surface area contributed by atoms with Crippen molar-refractivity contribution in [3.63, 3.8) is 0 Å². The van der Waals surface area contributed by atoms with E-state index in [1.807, 2.05) is 65.4 Å². The molecule has 2 amide bonds. The van der Waals surface area contributed by atoms with Gasteiger partial charge in [0.2, 0.25) is 5.91 Å². The van der Waals surface area contributed by atoms with Gasteiger partial charge in [0, 0.05) is 31.4 Å². The lowest BCUT2D eigenvalue weighted by Crippen LogP contribution is -2.45. The molecule has 30 heavy (non-hydrogen) atoms. The Morgan fingerprint density at radius 3 is 2.37 bits per heavy atom. The van der Waals surface area contributed by atoms with Crippen molar-refractivity contribution < 1.29 is 14.3 Å². The Morgan fingerprint density at radius 1 is 1.13 bits per heavy atom. The second kappa shape index (κ2) is 6.72. The Bertz CT molecular complexity index is 1010. The van der Waals surface area contributed by atoms with E-state index in [1.165, 1.54) is 0 Å². The molecule has 2 heterocycles. The van der Waals surface area contributed by atoms with E-state index in [2.05, 4.69) is 16.5 Å². The molecule has 2 aliphatic rings. The van der Waals surface area contributed by atoms with Crippen LogP contribution in [0.1, 0.15) is 45.9 Å². The van der Waals surface area contributed by atoms with Gasteiger partial charge in [-0.15, -0.1) is 0 Å². The Kier molecular flexibility index (Phi) is 4.64. The molecule has 1 N–H and O–H groups in total. The fourth-order valence-electron chi connectivity index (χ4n) is 4.94. The zero-order valence-corrected chi connectivity index (χ0v) is 18.9. The van der Waals surface area contributed by atoms with Crippen molar-refractivity contribution in [1.29, 1.82) is 0 Å². The Hall–Kier alpha value is -2.57. The first-order valence-electron chi connectivity index (χ1n) is 10.6. The van der Waals surface area contributed by atoms with Gasteiger partial charge in [-0.1, -0.05) is 18.2 Å². The summed E-state index contributed by atoms with van der Waals surface area (Å²) in [7, 11) is 1.92. The highest BCUT2D eigenvalue weighted by molar-refractivity contribution is 5.88. The highest BCUT2D eigenvalue weighted by Gasteiger charge is 2.61. The lowest BCUT2D eigenvalue weighted by molar-refractivity contribution is -0.125. The molecule has 7 heteroatoms. The third-order valence-electron chi connectivity index (χ3n) is 6.24. The zero-order chi connectivity index (χ0) is 22.0. The average molecular weight is 413 g/mol. The molecule has 7 nitrogen and oxygen atoms in total. The van der Waals surface area contributed by atoms with Crippen LogP contribution in [0, 0.1) is 24.7 Å². The summed E-state index contributed by atoms with van der Waals surface area (Å²) in [5, 5.41) is 8.98. The SMILES string of the molecule is Cc1cccc2c(C(C)(C)NC(=O)[C@H]3[C@@H]4CN(C(=O)OC(C)(C)C)C[C@@H]43)n(C)nc12. The maximum Gasteiger partial charge on any atom is 0.410 e. The molecule has 0 bridgehead atoms. The molecule has 1 aromatic carbocycles. The number of carbonyl (C=O) groups is 2. The average Bonchev–Trinajstić information content (AvgIpc) is 2.94. The van der Waals surface area contributed by atoms with Gasteiger partial charge in [0.15, 0.2) is 0 Å². The number of hydrogen-bond donors (Lipinski definition) is 1. The number of likely N-dealkylation sites (tertiary alicyclic amines) is 1. The molecule has 2 aromatic rings. The molecule has 1 aliphatic heterocycles. The van der Waals surface area contributed by atoms with Crippen LogP contribution in [0.3, 0.4) is 0 Å². The number of ether oxygens (including phenoxy) is 1. The van der Waals surface area contributed by atoms with Gasteiger partial charge in [-0.2, -0.15) is 5.10 Å². The van der Waals surface area contributed by atoms with Crippen molar-refractivity contribution in [3.8, 4) is 0 Å². The first-order valence-corrected chi connectivity index (χ1v) is 10.6. The van der Waals surface area contributed by atoms with Gasteiger partial charge in [0.1, 0.15) is 5.60 Å². The van der Waals surface area contributed by atoms with Crippen LogP contribution in [0.5, 0.6) is 0 Å². The summed E-state index contributed by atoms with van der Waals surface area (Å²) in [5.74, 6) is 0.461. The molecule has 1 aromatic heterocycles. The van der Waals surface area contributed by atoms with Crippen LogP contribution in [-0.2, 0) is 22.1 Å². The lowest BCUT2D eigenvalue weighted by Gasteiger charge is -2.29. The Balaban J connectivity index is 1.43. The summed E-state index contributed by atoms with van der Waals surface area (Å²) in [6, 6.07) is 6.13. The van der Waals surface area contributed by atoms with Gasteiger partial charge in [-0.25, -0.2) is 4.79 Å². The number of carbonyl (C=O) groups excluding carboxylic acids is 2. The Morgan fingerprint density at radius 2 is 1.77 bits per heavy atom. The summed E-state index contributed by atoms with van der Waals surface area (Å²) in [6.07, 6.45) is -0.286.